The number of carbonyl (C=O) groups excluding carboxylic acids is 1. The molecule has 1 N–H and O–H groups in total. The Hall–Kier alpha value is -2.23. The summed E-state index contributed by atoms with van der Waals surface area (Å²) in [7, 11) is 0. The summed E-state index contributed by atoms with van der Waals surface area (Å²) in [4.78, 5) is 15.3. The van der Waals surface area contributed by atoms with Crippen LogP contribution in [0.25, 0.3) is 0 Å². The molecule has 0 saturated carbocycles. The quantitative estimate of drug-likeness (QED) is 0.856. The van der Waals surface area contributed by atoms with E-state index in [0.717, 1.165) is 5.56 Å². The van der Waals surface area contributed by atoms with E-state index in [1.165, 1.54) is 17.7 Å². The summed E-state index contributed by atoms with van der Waals surface area (Å²) in [6, 6.07) is 12.3. The van der Waals surface area contributed by atoms with Gasteiger partial charge in [-0.2, -0.15) is 4.39 Å². The zero-order valence-corrected chi connectivity index (χ0v) is 10.7. The molecule has 0 aliphatic carbocycles. The second kappa shape index (κ2) is 6.09. The van der Waals surface area contributed by atoms with Gasteiger partial charge in [0.25, 0.3) is 0 Å². The maximum Gasteiger partial charge on any atom is 0.225 e. The maximum absolute atomic E-state index is 12.9. The van der Waals surface area contributed by atoms with E-state index in [1.807, 2.05) is 31.2 Å². The first-order chi connectivity index (χ1) is 9.15. The Kier molecular flexibility index (Phi) is 4.23. The fourth-order valence-electron chi connectivity index (χ4n) is 1.82. The third-order valence-corrected chi connectivity index (χ3v) is 2.87. The van der Waals surface area contributed by atoms with E-state index in [9.17, 15) is 9.18 Å². The molecule has 0 aliphatic rings. The average molecular weight is 258 g/mol. The predicted octanol–water partition coefficient (Wildman–Crippen LogP) is 3.10. The Morgan fingerprint density at radius 1 is 1.21 bits per heavy atom. The minimum Gasteiger partial charge on any atom is -0.311 e. The van der Waals surface area contributed by atoms with Crippen molar-refractivity contribution >= 4 is 11.7 Å². The van der Waals surface area contributed by atoms with Gasteiger partial charge in [0.2, 0.25) is 11.9 Å². The van der Waals surface area contributed by atoms with E-state index in [1.54, 1.807) is 6.07 Å². The molecule has 1 aromatic carbocycles. The zero-order valence-electron chi connectivity index (χ0n) is 10.7. The maximum atomic E-state index is 12.9. The summed E-state index contributed by atoms with van der Waals surface area (Å²) < 4.78 is 12.9. The number of nitrogens with zero attached hydrogens (tertiary/aromatic N) is 1. The second-order valence-electron chi connectivity index (χ2n) is 4.32. The van der Waals surface area contributed by atoms with E-state index in [-0.39, 0.29) is 11.7 Å². The monoisotopic (exact) mass is 258 g/mol. The zero-order chi connectivity index (χ0) is 13.7. The van der Waals surface area contributed by atoms with Crippen molar-refractivity contribution in [1.29, 1.82) is 0 Å². The van der Waals surface area contributed by atoms with Gasteiger partial charge in [0.15, 0.2) is 0 Å². The number of aromatic nitrogens is 1. The van der Waals surface area contributed by atoms with E-state index in [4.69, 9.17) is 0 Å². The van der Waals surface area contributed by atoms with E-state index >= 15 is 0 Å². The molecular weight excluding hydrogens is 243 g/mol. The standard InChI is InChI=1S/C15H15FN2O/c1-11-5-2-3-6-12(11)9-10-15(19)18-14-8-4-7-13(16)17-14/h2-8H,9-10H2,1H3,(H,17,18,19). The number of halogens is 1. The van der Waals surface area contributed by atoms with Crippen LogP contribution in [0.2, 0.25) is 0 Å². The molecule has 0 bridgehead atoms. The predicted molar refractivity (Wildman–Crippen MR) is 72.3 cm³/mol. The van der Waals surface area contributed by atoms with E-state index in [2.05, 4.69) is 10.3 Å². The summed E-state index contributed by atoms with van der Waals surface area (Å²) in [6.07, 6.45) is 1.01. The Bertz CT molecular complexity index is 584. The fourth-order valence-corrected chi connectivity index (χ4v) is 1.82. The van der Waals surface area contributed by atoms with Gasteiger partial charge in [-0.3, -0.25) is 4.79 Å². The van der Waals surface area contributed by atoms with Gasteiger partial charge in [0.05, 0.1) is 0 Å². The topological polar surface area (TPSA) is 42.0 Å². The van der Waals surface area contributed by atoms with Crippen LogP contribution in [0.1, 0.15) is 17.5 Å². The summed E-state index contributed by atoms with van der Waals surface area (Å²) in [6.45, 7) is 2.02. The lowest BCUT2D eigenvalue weighted by molar-refractivity contribution is -0.116. The number of anilines is 1. The lowest BCUT2D eigenvalue weighted by atomic mass is 10.0. The molecule has 3 nitrogen and oxygen atoms in total. The van der Waals surface area contributed by atoms with Gasteiger partial charge in [0.1, 0.15) is 5.82 Å². The average Bonchev–Trinajstić information content (AvgIpc) is 2.38. The minimum atomic E-state index is -0.600. The number of amides is 1. The van der Waals surface area contributed by atoms with E-state index < -0.39 is 5.95 Å². The van der Waals surface area contributed by atoms with Crippen LogP contribution in [0.4, 0.5) is 10.2 Å². The molecule has 0 spiro atoms. The molecule has 2 rings (SSSR count). The van der Waals surface area contributed by atoms with Crippen LogP contribution in [0.5, 0.6) is 0 Å². The number of pyridine rings is 1. The Labute approximate surface area is 111 Å². The van der Waals surface area contributed by atoms with Crippen LogP contribution in [-0.2, 0) is 11.2 Å². The van der Waals surface area contributed by atoms with Gasteiger partial charge in [-0.05, 0) is 36.6 Å². The van der Waals surface area contributed by atoms with Gasteiger partial charge in [-0.15, -0.1) is 0 Å². The molecule has 0 fully saturated rings. The summed E-state index contributed by atoms with van der Waals surface area (Å²) >= 11 is 0. The number of hydrogen-bond donors (Lipinski definition) is 1. The third-order valence-electron chi connectivity index (χ3n) is 2.87. The number of rotatable bonds is 4. The molecule has 1 amide bonds. The molecule has 1 heterocycles. The lowest BCUT2D eigenvalue weighted by Crippen LogP contribution is -2.13. The van der Waals surface area contributed by atoms with Crippen molar-refractivity contribution in [2.45, 2.75) is 19.8 Å². The molecule has 4 heteroatoms. The van der Waals surface area contributed by atoms with Crippen molar-refractivity contribution < 1.29 is 9.18 Å². The van der Waals surface area contributed by atoms with Crippen molar-refractivity contribution in [1.82, 2.24) is 4.98 Å². The SMILES string of the molecule is Cc1ccccc1CCC(=O)Nc1cccc(F)n1. The van der Waals surface area contributed by atoms with Crippen LogP contribution < -0.4 is 5.32 Å². The third kappa shape index (κ3) is 3.88. The first-order valence-corrected chi connectivity index (χ1v) is 6.12. The molecule has 0 saturated heterocycles. The fraction of sp³-hybridized carbons (Fsp3) is 0.200. The smallest absolute Gasteiger partial charge is 0.225 e. The molecule has 1 aromatic heterocycles. The molecular formula is C15H15FN2O. The van der Waals surface area contributed by atoms with Crippen LogP contribution in [0.15, 0.2) is 42.5 Å². The Morgan fingerprint density at radius 3 is 2.74 bits per heavy atom. The van der Waals surface area contributed by atoms with Crippen molar-refractivity contribution in [3.8, 4) is 0 Å². The van der Waals surface area contributed by atoms with Crippen molar-refractivity contribution in [3.05, 3.63) is 59.5 Å². The Morgan fingerprint density at radius 2 is 2.00 bits per heavy atom. The first kappa shape index (κ1) is 13.2. The van der Waals surface area contributed by atoms with Crippen LogP contribution >= 0.6 is 0 Å². The summed E-state index contributed by atoms with van der Waals surface area (Å²) in [5.74, 6) is -0.521. The molecule has 2 aromatic rings. The van der Waals surface area contributed by atoms with Gasteiger partial charge in [-0.1, -0.05) is 30.3 Å². The van der Waals surface area contributed by atoms with Crippen molar-refractivity contribution in [2.24, 2.45) is 0 Å². The van der Waals surface area contributed by atoms with Gasteiger partial charge in [0, 0.05) is 6.42 Å². The number of aryl methyl sites for hydroxylation is 2. The number of hydrogen-bond acceptors (Lipinski definition) is 2. The molecule has 0 atom stereocenters. The van der Waals surface area contributed by atoms with Crippen LogP contribution in [0, 0.1) is 12.9 Å². The number of benzene rings is 1. The first-order valence-electron chi connectivity index (χ1n) is 6.12. The second-order valence-corrected chi connectivity index (χ2v) is 4.32. The molecule has 0 unspecified atom stereocenters. The van der Waals surface area contributed by atoms with Gasteiger partial charge in [-0.25, -0.2) is 4.98 Å². The molecule has 19 heavy (non-hydrogen) atoms. The van der Waals surface area contributed by atoms with E-state index in [0.29, 0.717) is 12.8 Å². The highest BCUT2D eigenvalue weighted by Crippen LogP contribution is 2.10. The normalized spacial score (nSPS) is 10.2. The van der Waals surface area contributed by atoms with Gasteiger partial charge >= 0.3 is 0 Å². The lowest BCUT2D eigenvalue weighted by Gasteiger charge is -2.06. The highest BCUT2D eigenvalue weighted by molar-refractivity contribution is 5.89. The summed E-state index contributed by atoms with van der Waals surface area (Å²) in [5.41, 5.74) is 2.31. The molecule has 98 valence electrons. The summed E-state index contributed by atoms with van der Waals surface area (Å²) in [5, 5.41) is 2.58. The van der Waals surface area contributed by atoms with Crippen LogP contribution in [-0.4, -0.2) is 10.9 Å². The van der Waals surface area contributed by atoms with Gasteiger partial charge < -0.3 is 5.32 Å². The highest BCUT2D eigenvalue weighted by atomic mass is 19.1. The number of carbonyl (C=O) groups is 1. The largest absolute Gasteiger partial charge is 0.311 e. The number of nitrogens with one attached hydrogen (secondary N) is 1. The Balaban J connectivity index is 1.90. The molecule has 0 radical (unpaired) electrons. The minimum absolute atomic E-state index is 0.165. The van der Waals surface area contributed by atoms with Crippen molar-refractivity contribution in [3.63, 3.8) is 0 Å². The molecule has 0 aliphatic heterocycles. The van der Waals surface area contributed by atoms with Crippen molar-refractivity contribution in [2.75, 3.05) is 5.32 Å². The van der Waals surface area contributed by atoms with Crippen LogP contribution in [0.3, 0.4) is 0 Å². The highest BCUT2D eigenvalue weighted by Gasteiger charge is 2.05.